The fourth-order valence-electron chi connectivity index (χ4n) is 4.25. The monoisotopic (exact) mass is 360 g/mol. The Kier molecular flexibility index (Phi) is 5.59. The van der Waals surface area contributed by atoms with E-state index in [9.17, 15) is 5.11 Å². The summed E-state index contributed by atoms with van der Waals surface area (Å²) in [5, 5.41) is 14.8. The summed E-state index contributed by atoms with van der Waals surface area (Å²) in [5.41, 5.74) is 3.86. The molecule has 1 aliphatic heterocycles. The van der Waals surface area contributed by atoms with Crippen LogP contribution in [-0.2, 0) is 6.42 Å². The number of aromatic hydroxyl groups is 1. The van der Waals surface area contributed by atoms with E-state index in [0.717, 1.165) is 13.0 Å². The third-order valence-electron chi connectivity index (χ3n) is 5.67. The fourth-order valence-corrected chi connectivity index (χ4v) is 4.25. The van der Waals surface area contributed by atoms with Crippen molar-refractivity contribution in [3.8, 4) is 5.75 Å². The number of H-pyrrole nitrogens is 1. The van der Waals surface area contributed by atoms with Crippen molar-refractivity contribution in [2.24, 2.45) is 0 Å². The molecular weight excluding hydrogens is 332 g/mol. The topological polar surface area (TPSA) is 48.0 Å². The summed E-state index contributed by atoms with van der Waals surface area (Å²) >= 11 is 0. The molecule has 2 heterocycles. The highest BCUT2D eigenvalue weighted by molar-refractivity contribution is 5.82. The van der Waals surface area contributed by atoms with Crippen LogP contribution in [0.1, 0.15) is 42.7 Å². The molecular formula is C24H28N2O. The van der Waals surface area contributed by atoms with Gasteiger partial charge in [-0.1, -0.05) is 55.3 Å². The number of fused-ring (bicyclic) bond motifs is 1. The maximum atomic E-state index is 9.79. The number of hydrogen-bond acceptors (Lipinski definition) is 2. The molecule has 0 saturated heterocycles. The molecule has 0 amide bonds. The van der Waals surface area contributed by atoms with Crippen LogP contribution in [0.4, 0.5) is 0 Å². The van der Waals surface area contributed by atoms with Crippen LogP contribution in [0.15, 0.2) is 66.9 Å². The molecule has 3 aromatic rings. The lowest BCUT2D eigenvalue weighted by Crippen LogP contribution is -2.37. The van der Waals surface area contributed by atoms with Crippen molar-refractivity contribution in [1.82, 2.24) is 10.3 Å². The molecule has 0 fully saturated rings. The molecule has 3 heteroatoms. The molecule has 2 atom stereocenters. The highest BCUT2D eigenvalue weighted by atomic mass is 16.3. The molecule has 3 N–H and O–H groups in total. The van der Waals surface area contributed by atoms with Gasteiger partial charge in [-0.05, 0) is 48.6 Å². The van der Waals surface area contributed by atoms with Crippen molar-refractivity contribution in [1.29, 1.82) is 0 Å². The molecule has 0 radical (unpaired) electrons. The second-order valence-electron chi connectivity index (χ2n) is 7.52. The number of phenols is 1. The Morgan fingerprint density at radius 1 is 1.00 bits per heavy atom. The van der Waals surface area contributed by atoms with E-state index in [1.807, 2.05) is 12.1 Å². The Balaban J connectivity index is 1.28. The average Bonchev–Trinajstić information content (AvgIpc) is 3.11. The first-order chi connectivity index (χ1) is 13.3. The van der Waals surface area contributed by atoms with E-state index in [0.29, 0.717) is 17.7 Å². The third-order valence-corrected chi connectivity index (χ3v) is 5.67. The summed E-state index contributed by atoms with van der Waals surface area (Å²) < 4.78 is 0. The minimum atomic E-state index is 0.347. The van der Waals surface area contributed by atoms with Gasteiger partial charge in [0.05, 0.1) is 0 Å². The first-order valence-corrected chi connectivity index (χ1v) is 10.1. The van der Waals surface area contributed by atoms with Gasteiger partial charge in [0.15, 0.2) is 0 Å². The van der Waals surface area contributed by atoms with Gasteiger partial charge < -0.3 is 15.4 Å². The zero-order valence-corrected chi connectivity index (χ0v) is 15.7. The molecule has 27 heavy (non-hydrogen) atoms. The lowest BCUT2D eigenvalue weighted by molar-refractivity contribution is 0.427. The van der Waals surface area contributed by atoms with Gasteiger partial charge >= 0.3 is 0 Å². The normalized spacial score (nSPS) is 19.6. The number of nitrogens with one attached hydrogen (secondary N) is 2. The molecule has 0 spiro atoms. The van der Waals surface area contributed by atoms with Crippen molar-refractivity contribution >= 4 is 10.9 Å². The molecule has 0 saturated carbocycles. The van der Waals surface area contributed by atoms with Gasteiger partial charge in [0, 0.05) is 35.6 Å². The molecule has 1 aromatic heterocycles. The molecule has 2 aromatic carbocycles. The summed E-state index contributed by atoms with van der Waals surface area (Å²) in [6, 6.07) is 16.7. The summed E-state index contributed by atoms with van der Waals surface area (Å²) in [5.74, 6) is 0.698. The lowest BCUT2D eigenvalue weighted by Gasteiger charge is -2.29. The summed E-state index contributed by atoms with van der Waals surface area (Å²) in [6.45, 7) is 0.940. The summed E-state index contributed by atoms with van der Waals surface area (Å²) in [4.78, 5) is 3.37. The van der Waals surface area contributed by atoms with E-state index in [4.69, 9.17) is 0 Å². The molecule has 1 aliphatic rings. The minimum absolute atomic E-state index is 0.347. The van der Waals surface area contributed by atoms with Gasteiger partial charge in [-0.3, -0.25) is 0 Å². The number of aromatic nitrogens is 1. The first kappa shape index (κ1) is 17.9. The lowest BCUT2D eigenvalue weighted by atomic mass is 9.86. The van der Waals surface area contributed by atoms with E-state index in [1.54, 1.807) is 6.07 Å². The fraction of sp³-hybridized carbons (Fsp3) is 0.333. The third kappa shape index (κ3) is 4.25. The summed E-state index contributed by atoms with van der Waals surface area (Å²) in [6.07, 6.45) is 12.6. The number of unbranched alkanes of at least 4 members (excludes halogenated alkanes) is 2. The maximum Gasteiger partial charge on any atom is 0.115 e. The maximum absolute atomic E-state index is 9.79. The van der Waals surface area contributed by atoms with Crippen LogP contribution in [0.3, 0.4) is 0 Å². The van der Waals surface area contributed by atoms with Crippen molar-refractivity contribution in [3.05, 3.63) is 78.0 Å². The Hall–Kier alpha value is -2.52. The molecule has 3 nitrogen and oxygen atoms in total. The Bertz CT molecular complexity index is 911. The van der Waals surface area contributed by atoms with Gasteiger partial charge in [-0.15, -0.1) is 0 Å². The standard InChI is InChI=1S/C24H28N2O/c27-20-10-6-9-18(16-20)21-12-7-15-25-23(21)13-3-1-2-8-19-17-26-24-14-5-4-11-22(19)24/h4-7,9-12,14,16-17,21,23,25-27H,1-3,8,13,15H2. The van der Waals surface area contributed by atoms with Crippen molar-refractivity contribution < 1.29 is 5.11 Å². The van der Waals surface area contributed by atoms with E-state index in [-0.39, 0.29) is 0 Å². The Labute approximate surface area is 161 Å². The number of para-hydroxylation sites is 1. The number of aromatic amines is 1. The first-order valence-electron chi connectivity index (χ1n) is 10.1. The van der Waals surface area contributed by atoms with Gasteiger partial charge in [-0.25, -0.2) is 0 Å². The van der Waals surface area contributed by atoms with Crippen molar-refractivity contribution in [2.75, 3.05) is 6.54 Å². The van der Waals surface area contributed by atoms with Crippen molar-refractivity contribution in [2.45, 2.75) is 44.1 Å². The number of aryl methyl sites for hydroxylation is 1. The van der Waals surface area contributed by atoms with Gasteiger partial charge in [0.2, 0.25) is 0 Å². The van der Waals surface area contributed by atoms with E-state index >= 15 is 0 Å². The number of hydrogen-bond donors (Lipinski definition) is 3. The predicted molar refractivity (Wildman–Crippen MR) is 112 cm³/mol. The van der Waals surface area contributed by atoms with Gasteiger partial charge in [-0.2, -0.15) is 0 Å². The number of phenolic OH excluding ortho intramolecular Hbond substituents is 1. The Morgan fingerprint density at radius 2 is 1.93 bits per heavy atom. The second-order valence-corrected chi connectivity index (χ2v) is 7.52. The molecule has 0 bridgehead atoms. The highest BCUT2D eigenvalue weighted by Crippen LogP contribution is 2.29. The van der Waals surface area contributed by atoms with Gasteiger partial charge in [0.25, 0.3) is 0 Å². The highest BCUT2D eigenvalue weighted by Gasteiger charge is 2.22. The quantitative estimate of drug-likeness (QED) is 0.396. The van der Waals surface area contributed by atoms with Crippen molar-refractivity contribution in [3.63, 3.8) is 0 Å². The largest absolute Gasteiger partial charge is 0.508 e. The van der Waals surface area contributed by atoms with Gasteiger partial charge in [0.1, 0.15) is 5.75 Å². The SMILES string of the molecule is Oc1cccc(C2C=CCNC2CCCCCc2c[nH]c3ccccc23)c1. The number of benzene rings is 2. The summed E-state index contributed by atoms with van der Waals surface area (Å²) in [7, 11) is 0. The van der Waals surface area contributed by atoms with Crippen LogP contribution in [0.2, 0.25) is 0 Å². The van der Waals surface area contributed by atoms with Crippen LogP contribution in [-0.4, -0.2) is 22.7 Å². The van der Waals surface area contributed by atoms with Crippen LogP contribution < -0.4 is 5.32 Å². The van der Waals surface area contributed by atoms with E-state index < -0.39 is 0 Å². The van der Waals surface area contributed by atoms with E-state index in [1.165, 1.54) is 47.7 Å². The Morgan fingerprint density at radius 3 is 2.85 bits per heavy atom. The number of rotatable bonds is 7. The van der Waals surface area contributed by atoms with Crippen LogP contribution in [0.25, 0.3) is 10.9 Å². The van der Waals surface area contributed by atoms with Crippen LogP contribution in [0.5, 0.6) is 5.75 Å². The molecule has 2 unspecified atom stereocenters. The minimum Gasteiger partial charge on any atom is -0.508 e. The molecule has 140 valence electrons. The molecule has 0 aliphatic carbocycles. The van der Waals surface area contributed by atoms with E-state index in [2.05, 4.69) is 59.0 Å². The predicted octanol–water partition coefficient (Wildman–Crippen LogP) is 5.29. The second kappa shape index (κ2) is 8.45. The van der Waals surface area contributed by atoms with Crippen LogP contribution in [0, 0.1) is 0 Å². The zero-order valence-electron chi connectivity index (χ0n) is 15.7. The average molecular weight is 361 g/mol. The molecule has 4 rings (SSSR count). The zero-order chi connectivity index (χ0) is 18.5. The van der Waals surface area contributed by atoms with Crippen LogP contribution >= 0.6 is 0 Å². The smallest absolute Gasteiger partial charge is 0.115 e.